The van der Waals surface area contributed by atoms with Crippen LogP contribution in [0.3, 0.4) is 0 Å². The highest BCUT2D eigenvalue weighted by molar-refractivity contribution is 5.96. The van der Waals surface area contributed by atoms with Crippen molar-refractivity contribution in [3.63, 3.8) is 0 Å². The first-order valence-corrected chi connectivity index (χ1v) is 7.45. The lowest BCUT2D eigenvalue weighted by Crippen LogP contribution is -2.02. The summed E-state index contributed by atoms with van der Waals surface area (Å²) in [5.41, 5.74) is 0.562. The smallest absolute Gasteiger partial charge is 0.334 e. The van der Waals surface area contributed by atoms with Crippen LogP contribution in [0, 0.1) is 10.1 Å². The van der Waals surface area contributed by atoms with E-state index in [4.69, 9.17) is 14.2 Å². The van der Waals surface area contributed by atoms with Crippen LogP contribution >= 0.6 is 0 Å². The van der Waals surface area contributed by atoms with Gasteiger partial charge >= 0.3 is 5.97 Å². The summed E-state index contributed by atoms with van der Waals surface area (Å²) in [7, 11) is 0. The molecular weight excluding hydrogens is 302 g/mol. The summed E-state index contributed by atoms with van der Waals surface area (Å²) in [5.74, 6) is 0.274. The molecule has 23 heavy (non-hydrogen) atoms. The highest BCUT2D eigenvalue weighted by atomic mass is 16.6. The Bertz CT molecular complexity index is 652. The van der Waals surface area contributed by atoms with E-state index in [0.29, 0.717) is 42.3 Å². The second-order valence-corrected chi connectivity index (χ2v) is 5.07. The lowest BCUT2D eigenvalue weighted by atomic mass is 10.1. The molecule has 0 bridgehead atoms. The first-order chi connectivity index (χ1) is 11.0. The van der Waals surface area contributed by atoms with Gasteiger partial charge in [-0.2, -0.15) is 0 Å². The molecule has 1 atom stereocenters. The Balaban J connectivity index is 2.52. The van der Waals surface area contributed by atoms with Crippen LogP contribution < -0.4 is 9.47 Å². The van der Waals surface area contributed by atoms with Crippen molar-refractivity contribution in [3.8, 4) is 11.5 Å². The lowest BCUT2D eigenvalue weighted by molar-refractivity contribution is -0.385. The van der Waals surface area contributed by atoms with Gasteiger partial charge in [0, 0.05) is 12.0 Å². The molecule has 0 aromatic heterocycles. The highest BCUT2D eigenvalue weighted by Crippen LogP contribution is 2.37. The summed E-state index contributed by atoms with van der Waals surface area (Å²) >= 11 is 0. The number of nitro groups is 1. The number of benzene rings is 1. The van der Waals surface area contributed by atoms with Gasteiger partial charge in [-0.05, 0) is 32.9 Å². The minimum atomic E-state index is -0.506. The van der Waals surface area contributed by atoms with Crippen LogP contribution in [0.5, 0.6) is 11.5 Å². The quantitative estimate of drug-likeness (QED) is 0.346. The largest absolute Gasteiger partial charge is 0.490 e. The van der Waals surface area contributed by atoms with Gasteiger partial charge in [-0.15, -0.1) is 0 Å². The molecule has 0 N–H and O–H groups in total. The van der Waals surface area contributed by atoms with Crippen LogP contribution in [0.4, 0.5) is 5.69 Å². The SMILES string of the molecule is CCOc1cc(/C=C2\CC(C)OC2=O)c([N+](=O)[O-])cc1OCC. The third kappa shape index (κ3) is 3.80. The maximum Gasteiger partial charge on any atom is 0.334 e. The van der Waals surface area contributed by atoms with Crippen LogP contribution in [-0.4, -0.2) is 30.2 Å². The molecule has 7 heteroatoms. The van der Waals surface area contributed by atoms with E-state index in [-0.39, 0.29) is 11.8 Å². The molecule has 1 aliphatic heterocycles. The molecule has 124 valence electrons. The van der Waals surface area contributed by atoms with Gasteiger partial charge in [0.15, 0.2) is 11.5 Å². The molecule has 0 saturated carbocycles. The molecular formula is C16H19NO6. The predicted octanol–water partition coefficient (Wildman–Crippen LogP) is 3.11. The average Bonchev–Trinajstić information content (AvgIpc) is 2.79. The number of carbonyl (C=O) groups is 1. The molecule has 1 aromatic rings. The van der Waals surface area contributed by atoms with Gasteiger partial charge in [0.25, 0.3) is 5.69 Å². The molecule has 1 fully saturated rings. The Morgan fingerprint density at radius 3 is 2.39 bits per heavy atom. The van der Waals surface area contributed by atoms with Crippen LogP contribution in [-0.2, 0) is 9.53 Å². The molecule has 2 rings (SSSR count). The molecule has 1 saturated heterocycles. The molecule has 0 aliphatic carbocycles. The van der Waals surface area contributed by atoms with Gasteiger partial charge in [-0.1, -0.05) is 0 Å². The fraction of sp³-hybridized carbons (Fsp3) is 0.438. The predicted molar refractivity (Wildman–Crippen MR) is 83.6 cm³/mol. The molecule has 1 aromatic carbocycles. The van der Waals surface area contributed by atoms with Crippen molar-refractivity contribution in [3.05, 3.63) is 33.4 Å². The van der Waals surface area contributed by atoms with Crippen molar-refractivity contribution in [1.29, 1.82) is 0 Å². The molecule has 1 heterocycles. The Morgan fingerprint density at radius 2 is 1.91 bits per heavy atom. The van der Waals surface area contributed by atoms with Crippen LogP contribution in [0.25, 0.3) is 6.08 Å². The van der Waals surface area contributed by atoms with Crippen molar-refractivity contribution in [2.75, 3.05) is 13.2 Å². The van der Waals surface area contributed by atoms with Crippen molar-refractivity contribution in [2.24, 2.45) is 0 Å². The molecule has 0 spiro atoms. The first kappa shape index (κ1) is 16.8. The Kier molecular flexibility index (Phi) is 5.20. The fourth-order valence-electron chi connectivity index (χ4n) is 2.37. The van der Waals surface area contributed by atoms with Crippen LogP contribution in [0.15, 0.2) is 17.7 Å². The van der Waals surface area contributed by atoms with Gasteiger partial charge in [0.1, 0.15) is 6.10 Å². The number of hydrogen-bond acceptors (Lipinski definition) is 6. The van der Waals surface area contributed by atoms with Gasteiger partial charge in [-0.3, -0.25) is 10.1 Å². The highest BCUT2D eigenvalue weighted by Gasteiger charge is 2.27. The number of hydrogen-bond donors (Lipinski definition) is 0. The molecule has 1 aliphatic rings. The minimum Gasteiger partial charge on any atom is -0.490 e. The van der Waals surface area contributed by atoms with Gasteiger partial charge in [-0.25, -0.2) is 4.79 Å². The summed E-state index contributed by atoms with van der Waals surface area (Å²) in [6, 6.07) is 2.85. The average molecular weight is 321 g/mol. The summed E-state index contributed by atoms with van der Waals surface area (Å²) in [4.78, 5) is 22.6. The van der Waals surface area contributed by atoms with E-state index in [2.05, 4.69) is 0 Å². The summed E-state index contributed by atoms with van der Waals surface area (Å²) in [6.45, 7) is 6.13. The third-order valence-corrected chi connectivity index (χ3v) is 3.30. The number of nitrogens with zero attached hydrogens (tertiary/aromatic N) is 1. The standard InChI is InChI=1S/C16H19NO6/c1-4-21-14-8-11(7-12-6-10(3)23-16(12)18)13(17(19)20)9-15(14)22-5-2/h7-10H,4-6H2,1-3H3/b12-7+. The van der Waals surface area contributed by atoms with E-state index in [1.807, 2.05) is 6.92 Å². The van der Waals surface area contributed by atoms with Crippen LogP contribution in [0.1, 0.15) is 32.8 Å². The minimum absolute atomic E-state index is 0.142. The van der Waals surface area contributed by atoms with Gasteiger partial charge in [0.2, 0.25) is 0 Å². The Labute approximate surface area is 134 Å². The zero-order chi connectivity index (χ0) is 17.0. The molecule has 0 amide bonds. The summed E-state index contributed by atoms with van der Waals surface area (Å²) < 4.78 is 15.9. The van der Waals surface area contributed by atoms with E-state index in [9.17, 15) is 14.9 Å². The number of rotatable bonds is 6. The summed E-state index contributed by atoms with van der Waals surface area (Å²) in [6.07, 6.45) is 1.69. The van der Waals surface area contributed by atoms with E-state index in [0.717, 1.165) is 0 Å². The van der Waals surface area contributed by atoms with E-state index >= 15 is 0 Å². The van der Waals surface area contributed by atoms with Crippen molar-refractivity contribution in [1.82, 2.24) is 0 Å². The number of cyclic esters (lactones) is 1. The molecule has 7 nitrogen and oxygen atoms in total. The van der Waals surface area contributed by atoms with Crippen molar-refractivity contribution < 1.29 is 23.9 Å². The number of ether oxygens (including phenoxy) is 3. The second kappa shape index (κ2) is 7.13. The van der Waals surface area contributed by atoms with Gasteiger partial charge < -0.3 is 14.2 Å². The number of nitro benzene ring substituents is 1. The first-order valence-electron chi connectivity index (χ1n) is 7.45. The normalized spacial score (nSPS) is 18.8. The Hall–Kier alpha value is -2.57. The number of carbonyl (C=O) groups excluding carboxylic acids is 1. The van der Waals surface area contributed by atoms with Gasteiger partial charge in [0.05, 0.1) is 29.8 Å². The van der Waals surface area contributed by atoms with Crippen LogP contribution in [0.2, 0.25) is 0 Å². The van der Waals surface area contributed by atoms with E-state index in [1.54, 1.807) is 13.8 Å². The third-order valence-electron chi connectivity index (χ3n) is 3.30. The van der Waals surface area contributed by atoms with E-state index in [1.165, 1.54) is 18.2 Å². The summed E-state index contributed by atoms with van der Waals surface area (Å²) in [5, 5.41) is 11.3. The number of esters is 1. The topological polar surface area (TPSA) is 87.9 Å². The zero-order valence-corrected chi connectivity index (χ0v) is 13.3. The van der Waals surface area contributed by atoms with Crippen molar-refractivity contribution in [2.45, 2.75) is 33.3 Å². The van der Waals surface area contributed by atoms with E-state index < -0.39 is 10.9 Å². The lowest BCUT2D eigenvalue weighted by Gasteiger charge is -2.12. The Morgan fingerprint density at radius 1 is 1.30 bits per heavy atom. The molecule has 0 radical (unpaired) electrons. The van der Waals surface area contributed by atoms with Crippen molar-refractivity contribution >= 4 is 17.7 Å². The maximum atomic E-state index is 11.7. The second-order valence-electron chi connectivity index (χ2n) is 5.07. The molecule has 1 unspecified atom stereocenters. The fourth-order valence-corrected chi connectivity index (χ4v) is 2.37. The zero-order valence-electron chi connectivity index (χ0n) is 13.3. The monoisotopic (exact) mass is 321 g/mol. The maximum absolute atomic E-state index is 11.7.